The van der Waals surface area contributed by atoms with Crippen LogP contribution in [0, 0.1) is 0 Å². The maximum atomic E-state index is 12.2. The van der Waals surface area contributed by atoms with Gasteiger partial charge in [-0.05, 0) is 24.3 Å². The molecule has 0 atom stereocenters. The molecule has 2 aromatic heterocycles. The summed E-state index contributed by atoms with van der Waals surface area (Å²) in [7, 11) is 0. The smallest absolute Gasteiger partial charge is 0.261 e. The number of amides is 1. The van der Waals surface area contributed by atoms with E-state index in [2.05, 4.69) is 15.3 Å². The first-order valence-corrected chi connectivity index (χ1v) is 6.56. The number of nitrogens with one attached hydrogen (secondary N) is 2. The van der Waals surface area contributed by atoms with Crippen LogP contribution >= 0.6 is 11.6 Å². The van der Waals surface area contributed by atoms with Crippen LogP contribution in [-0.4, -0.2) is 15.9 Å². The van der Waals surface area contributed by atoms with E-state index in [1.807, 2.05) is 6.07 Å². The summed E-state index contributed by atoms with van der Waals surface area (Å²) in [5, 5.41) is 3.97. The summed E-state index contributed by atoms with van der Waals surface area (Å²) >= 11 is 6.10. The largest absolute Gasteiger partial charge is 0.367 e. The number of carbonyl (C=O) groups is 1. The fourth-order valence-corrected chi connectivity index (χ4v) is 2.24. The maximum Gasteiger partial charge on any atom is 0.261 e. The van der Waals surface area contributed by atoms with Crippen molar-refractivity contribution in [2.75, 3.05) is 5.32 Å². The topological polar surface area (TPSA) is 74.8 Å². The molecule has 3 aromatic rings. The third-order valence-electron chi connectivity index (χ3n) is 3.03. The molecule has 0 fully saturated rings. The van der Waals surface area contributed by atoms with Crippen molar-refractivity contribution in [3.63, 3.8) is 0 Å². The highest BCUT2D eigenvalue weighted by molar-refractivity contribution is 6.36. The van der Waals surface area contributed by atoms with E-state index in [1.165, 1.54) is 18.5 Å². The lowest BCUT2D eigenvalue weighted by Gasteiger charge is -2.08. The summed E-state index contributed by atoms with van der Waals surface area (Å²) in [4.78, 5) is 30.8. The minimum absolute atomic E-state index is 0.0385. The SMILES string of the molecule is O=C(Nc1ccc(Cl)c2cccnc12)c1c[nH]ccc1=O. The lowest BCUT2D eigenvalue weighted by molar-refractivity contribution is 0.102. The van der Waals surface area contributed by atoms with Crippen LogP contribution < -0.4 is 10.7 Å². The Balaban J connectivity index is 2.03. The first kappa shape index (κ1) is 13.3. The van der Waals surface area contributed by atoms with Crippen LogP contribution in [0.25, 0.3) is 10.9 Å². The predicted molar refractivity (Wildman–Crippen MR) is 81.8 cm³/mol. The summed E-state index contributed by atoms with van der Waals surface area (Å²) < 4.78 is 0. The molecule has 0 aliphatic carbocycles. The average molecular weight is 300 g/mol. The Hall–Kier alpha value is -2.66. The summed E-state index contributed by atoms with van der Waals surface area (Å²) in [6.45, 7) is 0. The summed E-state index contributed by atoms with van der Waals surface area (Å²) in [5.74, 6) is -0.494. The number of hydrogen-bond donors (Lipinski definition) is 2. The minimum Gasteiger partial charge on any atom is -0.367 e. The molecule has 0 aliphatic rings. The van der Waals surface area contributed by atoms with Gasteiger partial charge in [0.1, 0.15) is 5.56 Å². The zero-order valence-corrected chi connectivity index (χ0v) is 11.5. The number of pyridine rings is 2. The zero-order chi connectivity index (χ0) is 14.8. The van der Waals surface area contributed by atoms with Crippen LogP contribution in [0.5, 0.6) is 0 Å². The van der Waals surface area contributed by atoms with E-state index in [9.17, 15) is 9.59 Å². The normalized spacial score (nSPS) is 10.5. The Morgan fingerprint density at radius 2 is 2.10 bits per heavy atom. The van der Waals surface area contributed by atoms with Crippen molar-refractivity contribution in [1.29, 1.82) is 0 Å². The quantitative estimate of drug-likeness (QED) is 0.764. The van der Waals surface area contributed by atoms with Gasteiger partial charge in [0.2, 0.25) is 0 Å². The summed E-state index contributed by atoms with van der Waals surface area (Å²) in [6.07, 6.45) is 4.45. The molecule has 0 unspecified atom stereocenters. The van der Waals surface area contributed by atoms with Crippen molar-refractivity contribution in [3.8, 4) is 0 Å². The Kier molecular flexibility index (Phi) is 3.41. The molecule has 2 heterocycles. The third-order valence-corrected chi connectivity index (χ3v) is 3.36. The van der Waals surface area contributed by atoms with Crippen molar-refractivity contribution in [2.24, 2.45) is 0 Å². The Morgan fingerprint density at radius 3 is 2.90 bits per heavy atom. The van der Waals surface area contributed by atoms with Crippen LogP contribution in [0.15, 0.2) is 53.7 Å². The number of fused-ring (bicyclic) bond motifs is 1. The number of rotatable bonds is 2. The van der Waals surface area contributed by atoms with E-state index >= 15 is 0 Å². The molecule has 104 valence electrons. The molecule has 1 aromatic carbocycles. The van der Waals surface area contributed by atoms with Crippen LogP contribution in [-0.2, 0) is 0 Å². The molecule has 0 saturated heterocycles. The van der Waals surface area contributed by atoms with Crippen molar-refractivity contribution in [2.45, 2.75) is 0 Å². The van der Waals surface area contributed by atoms with Gasteiger partial charge in [-0.1, -0.05) is 11.6 Å². The Morgan fingerprint density at radius 1 is 1.24 bits per heavy atom. The van der Waals surface area contributed by atoms with E-state index in [0.29, 0.717) is 16.2 Å². The Labute approximate surface area is 124 Å². The highest BCUT2D eigenvalue weighted by atomic mass is 35.5. The Bertz CT molecular complexity index is 889. The van der Waals surface area contributed by atoms with Gasteiger partial charge in [-0.3, -0.25) is 14.6 Å². The molecule has 5 nitrogen and oxygen atoms in total. The van der Waals surface area contributed by atoms with Gasteiger partial charge in [0.25, 0.3) is 5.91 Å². The van der Waals surface area contributed by atoms with Gasteiger partial charge in [-0.25, -0.2) is 0 Å². The first-order valence-electron chi connectivity index (χ1n) is 6.18. The van der Waals surface area contributed by atoms with Gasteiger partial charge in [-0.2, -0.15) is 0 Å². The standard InChI is InChI=1S/C15H10ClN3O2/c16-11-3-4-12(14-9(11)2-1-6-18-14)19-15(21)10-8-17-7-5-13(10)20/h1-8H,(H,17,20)(H,19,21). The first-order chi connectivity index (χ1) is 10.2. The number of aromatic nitrogens is 2. The molecule has 0 radical (unpaired) electrons. The second-order valence-corrected chi connectivity index (χ2v) is 4.78. The lowest BCUT2D eigenvalue weighted by Crippen LogP contribution is -2.21. The molecular weight excluding hydrogens is 290 g/mol. The number of H-pyrrole nitrogens is 1. The molecule has 0 bridgehead atoms. The van der Waals surface area contributed by atoms with Crippen molar-refractivity contribution < 1.29 is 4.79 Å². The lowest BCUT2D eigenvalue weighted by atomic mass is 10.1. The summed E-state index contributed by atoms with van der Waals surface area (Å²) in [6, 6.07) is 8.22. The predicted octanol–water partition coefficient (Wildman–Crippen LogP) is 2.83. The van der Waals surface area contributed by atoms with Crippen LogP contribution in [0.1, 0.15) is 10.4 Å². The highest BCUT2D eigenvalue weighted by Crippen LogP contribution is 2.28. The van der Waals surface area contributed by atoms with Crippen molar-refractivity contribution in [3.05, 3.63) is 69.7 Å². The van der Waals surface area contributed by atoms with Crippen molar-refractivity contribution in [1.82, 2.24) is 9.97 Å². The molecule has 0 spiro atoms. The molecule has 3 rings (SSSR count). The fourth-order valence-electron chi connectivity index (χ4n) is 2.02. The van der Waals surface area contributed by atoms with Gasteiger partial charge < -0.3 is 10.3 Å². The maximum absolute atomic E-state index is 12.2. The summed E-state index contributed by atoms with van der Waals surface area (Å²) in [5.41, 5.74) is 0.767. The van der Waals surface area contributed by atoms with E-state index in [1.54, 1.807) is 24.4 Å². The molecule has 0 saturated carbocycles. The monoisotopic (exact) mass is 299 g/mol. The molecule has 2 N–H and O–H groups in total. The highest BCUT2D eigenvalue weighted by Gasteiger charge is 2.12. The number of anilines is 1. The van der Waals surface area contributed by atoms with Gasteiger partial charge >= 0.3 is 0 Å². The number of benzene rings is 1. The fraction of sp³-hybridized carbons (Fsp3) is 0. The van der Waals surface area contributed by atoms with Gasteiger partial charge in [0.05, 0.1) is 16.2 Å². The number of aromatic amines is 1. The van der Waals surface area contributed by atoms with Gasteiger partial charge in [-0.15, -0.1) is 0 Å². The van der Waals surface area contributed by atoms with Crippen LogP contribution in [0.4, 0.5) is 5.69 Å². The number of nitrogens with zero attached hydrogens (tertiary/aromatic N) is 1. The number of carbonyl (C=O) groups excluding carboxylic acids is 1. The molecule has 1 amide bonds. The molecule has 6 heteroatoms. The van der Waals surface area contributed by atoms with Gasteiger partial charge in [0.15, 0.2) is 5.43 Å². The van der Waals surface area contributed by atoms with Crippen LogP contribution in [0.3, 0.4) is 0 Å². The second-order valence-electron chi connectivity index (χ2n) is 4.37. The van der Waals surface area contributed by atoms with E-state index in [0.717, 1.165) is 5.39 Å². The average Bonchev–Trinajstić information content (AvgIpc) is 2.51. The third kappa shape index (κ3) is 2.51. The molecule has 21 heavy (non-hydrogen) atoms. The van der Waals surface area contributed by atoms with Gasteiger partial charge in [0, 0.05) is 30.0 Å². The van der Waals surface area contributed by atoms with E-state index in [4.69, 9.17) is 11.6 Å². The second kappa shape index (κ2) is 5.38. The van der Waals surface area contributed by atoms with E-state index in [-0.39, 0.29) is 11.0 Å². The molecular formula is C15H10ClN3O2. The van der Waals surface area contributed by atoms with Crippen LogP contribution in [0.2, 0.25) is 5.02 Å². The van der Waals surface area contributed by atoms with E-state index < -0.39 is 5.91 Å². The number of hydrogen-bond acceptors (Lipinski definition) is 3. The zero-order valence-electron chi connectivity index (χ0n) is 10.8. The van der Waals surface area contributed by atoms with Crippen molar-refractivity contribution >= 4 is 34.1 Å². The minimum atomic E-state index is -0.494. The molecule has 0 aliphatic heterocycles. The number of halogens is 1.